The van der Waals surface area contributed by atoms with Crippen molar-refractivity contribution in [3.8, 4) is 0 Å². The van der Waals surface area contributed by atoms with Gasteiger partial charge < -0.3 is 34.2 Å². The molecule has 2 N–H and O–H groups in total. The van der Waals surface area contributed by atoms with Crippen LogP contribution in [0.15, 0.2) is 0 Å². The molecule has 0 heterocycles. The monoisotopic (exact) mass is 391 g/mol. The van der Waals surface area contributed by atoms with Crippen molar-refractivity contribution >= 4 is 18.2 Å². The van der Waals surface area contributed by atoms with E-state index in [1.807, 2.05) is 20.8 Å². The Hall–Kier alpha value is -1.55. The molecule has 1 unspecified atom stereocenters. The molecule has 1 atom stereocenters. The van der Waals surface area contributed by atoms with Gasteiger partial charge in [0.25, 0.3) is 0 Å². The molecule has 0 radical (unpaired) electrons. The summed E-state index contributed by atoms with van der Waals surface area (Å²) in [6.07, 6.45) is 1.37. The highest BCUT2D eigenvalue weighted by Crippen LogP contribution is 2.07. The minimum Gasteiger partial charge on any atom is -0.480 e. The summed E-state index contributed by atoms with van der Waals surface area (Å²) in [5, 5.41) is 11.8. The highest BCUT2D eigenvalue weighted by atomic mass is 16.6. The average Bonchev–Trinajstić information content (AvgIpc) is 2.56. The van der Waals surface area contributed by atoms with E-state index in [1.54, 1.807) is 0 Å². The first-order chi connectivity index (χ1) is 12.8. The van der Waals surface area contributed by atoms with Crippen molar-refractivity contribution in [3.05, 3.63) is 0 Å². The summed E-state index contributed by atoms with van der Waals surface area (Å²) in [4.78, 5) is 32.7. The maximum absolute atomic E-state index is 11.4. The number of aldehydes is 1. The predicted octanol–water partition coefficient (Wildman–Crippen LogP) is 0.790. The molecule has 158 valence electrons. The van der Waals surface area contributed by atoms with Gasteiger partial charge in [0.2, 0.25) is 0 Å². The van der Waals surface area contributed by atoms with E-state index < -0.39 is 17.6 Å². The van der Waals surface area contributed by atoms with Gasteiger partial charge in [-0.2, -0.15) is 0 Å². The second kappa shape index (κ2) is 15.5. The van der Waals surface area contributed by atoms with Crippen LogP contribution in [0.1, 0.15) is 40.0 Å². The first-order valence-corrected chi connectivity index (χ1v) is 9.11. The number of carboxylic acid groups (broad SMARTS) is 1. The Kier molecular flexibility index (Phi) is 14.6. The second-order valence-corrected chi connectivity index (χ2v) is 6.76. The molecule has 0 bridgehead atoms. The van der Waals surface area contributed by atoms with Gasteiger partial charge in [0.1, 0.15) is 17.9 Å². The highest BCUT2D eigenvalue weighted by Gasteiger charge is 2.16. The zero-order valence-electron chi connectivity index (χ0n) is 16.5. The molecule has 0 aromatic carbocycles. The van der Waals surface area contributed by atoms with Gasteiger partial charge in [-0.1, -0.05) is 0 Å². The molecule has 0 aliphatic rings. The van der Waals surface area contributed by atoms with Crippen LogP contribution >= 0.6 is 0 Å². The fourth-order valence-electron chi connectivity index (χ4n) is 1.94. The minimum absolute atomic E-state index is 0.206. The third-order valence-corrected chi connectivity index (χ3v) is 3.12. The second-order valence-electron chi connectivity index (χ2n) is 6.76. The van der Waals surface area contributed by atoms with Crippen molar-refractivity contribution < 1.29 is 38.4 Å². The Bertz CT molecular complexity index is 422. The molecule has 0 aliphatic heterocycles. The Morgan fingerprint density at radius 3 is 2.07 bits per heavy atom. The number of nitrogens with one attached hydrogen (secondary N) is 1. The number of aliphatic carboxylic acids is 1. The molecule has 0 aromatic heterocycles. The number of esters is 1. The number of carboxylic acids is 1. The van der Waals surface area contributed by atoms with Crippen molar-refractivity contribution in [3.63, 3.8) is 0 Å². The van der Waals surface area contributed by atoms with Gasteiger partial charge in [0.05, 0.1) is 46.1 Å². The van der Waals surface area contributed by atoms with Gasteiger partial charge in [-0.3, -0.25) is 9.59 Å². The van der Waals surface area contributed by atoms with Crippen LogP contribution in [0.2, 0.25) is 0 Å². The Labute approximate surface area is 160 Å². The van der Waals surface area contributed by atoms with E-state index in [4.69, 9.17) is 24.1 Å². The molecule has 0 fully saturated rings. The van der Waals surface area contributed by atoms with Crippen molar-refractivity contribution in [2.45, 2.75) is 51.7 Å². The van der Waals surface area contributed by atoms with E-state index in [-0.39, 0.29) is 31.8 Å². The summed E-state index contributed by atoms with van der Waals surface area (Å²) in [6, 6.07) is -0.743. The number of hydrogen-bond acceptors (Lipinski definition) is 8. The third kappa shape index (κ3) is 17.6. The first-order valence-electron chi connectivity index (χ1n) is 9.11. The van der Waals surface area contributed by atoms with Gasteiger partial charge in [0.15, 0.2) is 0 Å². The van der Waals surface area contributed by atoms with Crippen LogP contribution in [0, 0.1) is 0 Å². The van der Waals surface area contributed by atoms with E-state index in [9.17, 15) is 14.4 Å². The van der Waals surface area contributed by atoms with E-state index >= 15 is 0 Å². The Morgan fingerprint density at radius 1 is 1.00 bits per heavy atom. The number of hydrogen-bond donors (Lipinski definition) is 2. The van der Waals surface area contributed by atoms with Crippen LogP contribution < -0.4 is 5.32 Å². The van der Waals surface area contributed by atoms with Crippen molar-refractivity contribution in [1.82, 2.24) is 5.32 Å². The molecule has 0 rings (SSSR count). The van der Waals surface area contributed by atoms with Crippen LogP contribution in [0.4, 0.5) is 0 Å². The van der Waals surface area contributed by atoms with Gasteiger partial charge in [-0.25, -0.2) is 0 Å². The van der Waals surface area contributed by atoms with Crippen LogP contribution in [-0.2, 0) is 33.3 Å². The smallest absolute Gasteiger partial charge is 0.320 e. The molecule has 0 saturated heterocycles. The first kappa shape index (κ1) is 25.4. The molecule has 0 aromatic rings. The summed E-state index contributed by atoms with van der Waals surface area (Å²) in [5.41, 5.74) is -0.486. The Balaban J connectivity index is 3.41. The van der Waals surface area contributed by atoms with Gasteiger partial charge in [0, 0.05) is 13.0 Å². The standard InChI is InChI=1S/C18H33NO8/c1-18(2,3)27-16(21)6-9-24-11-13-26-14-12-25-10-7-19-15(17(22)23)5-4-8-20/h8,15,19H,4-7,9-14H2,1-3H3,(H,22,23). The van der Waals surface area contributed by atoms with Crippen LogP contribution in [0.3, 0.4) is 0 Å². The molecule has 27 heavy (non-hydrogen) atoms. The lowest BCUT2D eigenvalue weighted by molar-refractivity contribution is -0.156. The van der Waals surface area contributed by atoms with Gasteiger partial charge in [-0.15, -0.1) is 0 Å². The SMILES string of the molecule is CC(C)(C)OC(=O)CCOCCOCCOCCNC(CCC=O)C(=O)O. The summed E-state index contributed by atoms with van der Waals surface area (Å²) in [5.74, 6) is -1.27. The highest BCUT2D eigenvalue weighted by molar-refractivity contribution is 5.73. The van der Waals surface area contributed by atoms with E-state index in [0.29, 0.717) is 45.9 Å². The number of carbonyl (C=O) groups excluding carboxylic acids is 2. The molecule has 9 heteroatoms. The molecule has 0 amide bonds. The normalized spacial score (nSPS) is 12.6. The molecular formula is C18H33NO8. The zero-order chi connectivity index (χ0) is 20.5. The quantitative estimate of drug-likeness (QED) is 0.211. The van der Waals surface area contributed by atoms with E-state index in [2.05, 4.69) is 5.32 Å². The zero-order valence-corrected chi connectivity index (χ0v) is 16.5. The van der Waals surface area contributed by atoms with E-state index in [0.717, 1.165) is 0 Å². The predicted molar refractivity (Wildman–Crippen MR) is 97.6 cm³/mol. The lowest BCUT2D eigenvalue weighted by atomic mass is 10.1. The van der Waals surface area contributed by atoms with Crippen LogP contribution in [0.5, 0.6) is 0 Å². The lowest BCUT2D eigenvalue weighted by Gasteiger charge is -2.19. The molecular weight excluding hydrogens is 358 g/mol. The van der Waals surface area contributed by atoms with E-state index in [1.165, 1.54) is 0 Å². The molecule has 0 spiro atoms. The Morgan fingerprint density at radius 2 is 1.56 bits per heavy atom. The van der Waals surface area contributed by atoms with Gasteiger partial charge >= 0.3 is 11.9 Å². The topological polar surface area (TPSA) is 120 Å². The fraction of sp³-hybridized carbons (Fsp3) is 0.833. The lowest BCUT2D eigenvalue weighted by Crippen LogP contribution is -2.38. The number of carbonyl (C=O) groups is 3. The van der Waals surface area contributed by atoms with Crippen molar-refractivity contribution in [1.29, 1.82) is 0 Å². The van der Waals surface area contributed by atoms with Crippen molar-refractivity contribution in [2.24, 2.45) is 0 Å². The fourth-order valence-corrected chi connectivity index (χ4v) is 1.94. The molecule has 0 aliphatic carbocycles. The maximum atomic E-state index is 11.4. The summed E-state index contributed by atoms with van der Waals surface area (Å²) >= 11 is 0. The summed E-state index contributed by atoms with van der Waals surface area (Å²) in [6.45, 7) is 8.00. The van der Waals surface area contributed by atoms with Gasteiger partial charge in [-0.05, 0) is 27.2 Å². The van der Waals surface area contributed by atoms with Crippen molar-refractivity contribution in [2.75, 3.05) is 46.2 Å². The minimum atomic E-state index is -0.980. The molecule has 9 nitrogen and oxygen atoms in total. The van der Waals surface area contributed by atoms with Crippen LogP contribution in [0.25, 0.3) is 0 Å². The van der Waals surface area contributed by atoms with Crippen LogP contribution in [-0.4, -0.2) is 81.2 Å². The number of rotatable bonds is 17. The average molecular weight is 391 g/mol. The maximum Gasteiger partial charge on any atom is 0.320 e. The number of ether oxygens (including phenoxy) is 4. The summed E-state index contributed by atoms with van der Waals surface area (Å²) in [7, 11) is 0. The third-order valence-electron chi connectivity index (χ3n) is 3.12. The largest absolute Gasteiger partial charge is 0.480 e. The summed E-state index contributed by atoms with van der Waals surface area (Å²) < 4.78 is 21.1. The molecule has 0 saturated carbocycles.